The Labute approximate surface area is 98.2 Å². The lowest BCUT2D eigenvalue weighted by atomic mass is 10.1. The van der Waals surface area contributed by atoms with Crippen molar-refractivity contribution >= 4 is 5.97 Å². The van der Waals surface area contributed by atoms with Crippen LogP contribution >= 0.6 is 0 Å². The highest BCUT2D eigenvalue weighted by Gasteiger charge is 2.09. The highest BCUT2D eigenvalue weighted by Crippen LogP contribution is 2.26. The molecule has 0 spiro atoms. The largest absolute Gasteiger partial charge is 0.506 e. The molecule has 4 nitrogen and oxygen atoms in total. The standard InChI is InChI=1S/C13H11NO3/c15-11-7-6-10(8-12(16)17)14-13(11)9-4-2-1-3-5-9/h1-7,15H,8H2,(H,16,17). The van der Waals surface area contributed by atoms with E-state index in [0.717, 1.165) is 5.56 Å². The molecule has 1 aromatic carbocycles. The van der Waals surface area contributed by atoms with Crippen LogP contribution in [0.4, 0.5) is 0 Å². The summed E-state index contributed by atoms with van der Waals surface area (Å²) in [5, 5.41) is 18.4. The predicted octanol–water partition coefficient (Wildman–Crippen LogP) is 2.08. The molecule has 17 heavy (non-hydrogen) atoms. The van der Waals surface area contributed by atoms with Gasteiger partial charge >= 0.3 is 5.97 Å². The molecular weight excluding hydrogens is 218 g/mol. The molecule has 0 aliphatic carbocycles. The quantitative estimate of drug-likeness (QED) is 0.845. The van der Waals surface area contributed by atoms with Crippen LogP contribution in [0.15, 0.2) is 42.5 Å². The Morgan fingerprint density at radius 2 is 1.82 bits per heavy atom. The average Bonchev–Trinajstić information content (AvgIpc) is 2.32. The topological polar surface area (TPSA) is 70.4 Å². The number of aromatic nitrogens is 1. The number of rotatable bonds is 3. The van der Waals surface area contributed by atoms with Crippen LogP contribution in [0.3, 0.4) is 0 Å². The number of hydrogen-bond donors (Lipinski definition) is 2. The number of pyridine rings is 1. The molecule has 2 rings (SSSR count). The van der Waals surface area contributed by atoms with Crippen molar-refractivity contribution in [3.05, 3.63) is 48.2 Å². The van der Waals surface area contributed by atoms with Crippen molar-refractivity contribution in [3.63, 3.8) is 0 Å². The summed E-state index contributed by atoms with van der Waals surface area (Å²) in [5.74, 6) is -0.896. The van der Waals surface area contributed by atoms with Gasteiger partial charge in [0.25, 0.3) is 0 Å². The molecule has 0 saturated carbocycles. The molecule has 4 heteroatoms. The lowest BCUT2D eigenvalue weighted by Crippen LogP contribution is -2.02. The number of aliphatic carboxylic acids is 1. The lowest BCUT2D eigenvalue weighted by molar-refractivity contribution is -0.136. The average molecular weight is 229 g/mol. The van der Waals surface area contributed by atoms with E-state index in [2.05, 4.69) is 4.98 Å². The number of nitrogens with zero attached hydrogens (tertiary/aromatic N) is 1. The Hall–Kier alpha value is -2.36. The molecule has 0 aliphatic heterocycles. The van der Waals surface area contributed by atoms with E-state index in [9.17, 15) is 9.90 Å². The monoisotopic (exact) mass is 229 g/mol. The summed E-state index contributed by atoms with van der Waals surface area (Å²) in [5.41, 5.74) is 1.59. The van der Waals surface area contributed by atoms with Crippen molar-refractivity contribution < 1.29 is 15.0 Å². The maximum atomic E-state index is 10.6. The number of hydrogen-bond acceptors (Lipinski definition) is 3. The summed E-state index contributed by atoms with van der Waals surface area (Å²) in [6.07, 6.45) is -0.153. The molecule has 2 N–H and O–H groups in total. The van der Waals surface area contributed by atoms with Crippen LogP contribution in [-0.2, 0) is 11.2 Å². The summed E-state index contributed by atoms with van der Waals surface area (Å²) < 4.78 is 0. The molecule has 0 radical (unpaired) electrons. The number of benzene rings is 1. The van der Waals surface area contributed by atoms with E-state index in [-0.39, 0.29) is 12.2 Å². The van der Waals surface area contributed by atoms with Gasteiger partial charge in [0.1, 0.15) is 11.4 Å². The van der Waals surface area contributed by atoms with Gasteiger partial charge in [0.15, 0.2) is 0 Å². The third kappa shape index (κ3) is 2.60. The van der Waals surface area contributed by atoms with Crippen molar-refractivity contribution in [2.75, 3.05) is 0 Å². The van der Waals surface area contributed by atoms with Crippen molar-refractivity contribution in [2.24, 2.45) is 0 Å². The molecule has 1 aromatic heterocycles. The molecule has 1 heterocycles. The summed E-state index contributed by atoms with van der Waals surface area (Å²) in [6, 6.07) is 12.1. The van der Waals surface area contributed by atoms with Crippen LogP contribution in [0.25, 0.3) is 11.3 Å². The number of aromatic hydroxyl groups is 1. The first-order valence-corrected chi connectivity index (χ1v) is 5.13. The number of carboxylic acids is 1. The number of carbonyl (C=O) groups is 1. The normalized spacial score (nSPS) is 10.1. The summed E-state index contributed by atoms with van der Waals surface area (Å²) in [4.78, 5) is 14.8. The molecule has 2 aromatic rings. The first kappa shape index (κ1) is 11.1. The Morgan fingerprint density at radius 1 is 1.12 bits per heavy atom. The van der Waals surface area contributed by atoms with Crippen LogP contribution < -0.4 is 0 Å². The SMILES string of the molecule is O=C(O)Cc1ccc(O)c(-c2ccccc2)n1. The van der Waals surface area contributed by atoms with Crippen molar-refractivity contribution in [2.45, 2.75) is 6.42 Å². The fraction of sp³-hybridized carbons (Fsp3) is 0.0769. The molecule has 0 aliphatic rings. The van der Waals surface area contributed by atoms with Gasteiger partial charge < -0.3 is 10.2 Å². The van der Waals surface area contributed by atoms with Crippen molar-refractivity contribution in [1.82, 2.24) is 4.98 Å². The maximum absolute atomic E-state index is 10.6. The Bertz CT molecular complexity index is 538. The minimum absolute atomic E-state index is 0.0466. The van der Waals surface area contributed by atoms with Gasteiger partial charge in [-0.2, -0.15) is 0 Å². The maximum Gasteiger partial charge on any atom is 0.309 e. The third-order valence-electron chi connectivity index (χ3n) is 2.31. The molecular formula is C13H11NO3. The fourth-order valence-corrected chi connectivity index (χ4v) is 1.55. The zero-order valence-electron chi connectivity index (χ0n) is 9.00. The Morgan fingerprint density at radius 3 is 2.47 bits per heavy atom. The van der Waals surface area contributed by atoms with E-state index in [1.807, 2.05) is 30.3 Å². The minimum Gasteiger partial charge on any atom is -0.506 e. The molecule has 0 saturated heterocycles. The second kappa shape index (κ2) is 4.65. The van der Waals surface area contributed by atoms with Crippen LogP contribution in [0.2, 0.25) is 0 Å². The Kier molecular flexibility index (Phi) is 3.05. The van der Waals surface area contributed by atoms with Crippen LogP contribution in [-0.4, -0.2) is 21.2 Å². The van der Waals surface area contributed by atoms with Gasteiger partial charge in [-0.1, -0.05) is 30.3 Å². The molecule has 0 unspecified atom stereocenters. The van der Waals surface area contributed by atoms with E-state index in [1.165, 1.54) is 12.1 Å². The molecule has 0 fully saturated rings. The van der Waals surface area contributed by atoms with Gasteiger partial charge in [-0.25, -0.2) is 4.98 Å². The first-order valence-electron chi connectivity index (χ1n) is 5.13. The van der Waals surface area contributed by atoms with E-state index in [4.69, 9.17) is 5.11 Å². The summed E-state index contributed by atoms with van der Waals surface area (Å²) in [7, 11) is 0. The summed E-state index contributed by atoms with van der Waals surface area (Å²) >= 11 is 0. The smallest absolute Gasteiger partial charge is 0.309 e. The first-order chi connectivity index (χ1) is 8.16. The van der Waals surface area contributed by atoms with E-state index >= 15 is 0 Å². The minimum atomic E-state index is -0.942. The van der Waals surface area contributed by atoms with E-state index in [0.29, 0.717) is 11.4 Å². The van der Waals surface area contributed by atoms with E-state index in [1.54, 1.807) is 0 Å². The predicted molar refractivity (Wildman–Crippen MR) is 62.7 cm³/mol. The summed E-state index contributed by atoms with van der Waals surface area (Å²) in [6.45, 7) is 0. The van der Waals surface area contributed by atoms with Crippen molar-refractivity contribution in [3.8, 4) is 17.0 Å². The zero-order chi connectivity index (χ0) is 12.3. The Balaban J connectivity index is 2.43. The highest BCUT2D eigenvalue weighted by molar-refractivity contribution is 5.71. The van der Waals surface area contributed by atoms with E-state index < -0.39 is 5.97 Å². The van der Waals surface area contributed by atoms with Crippen molar-refractivity contribution in [1.29, 1.82) is 0 Å². The van der Waals surface area contributed by atoms with Crippen LogP contribution in [0.5, 0.6) is 5.75 Å². The van der Waals surface area contributed by atoms with Crippen LogP contribution in [0.1, 0.15) is 5.69 Å². The third-order valence-corrected chi connectivity index (χ3v) is 2.31. The highest BCUT2D eigenvalue weighted by atomic mass is 16.4. The second-order valence-corrected chi connectivity index (χ2v) is 3.61. The molecule has 0 atom stereocenters. The van der Waals surface area contributed by atoms with Gasteiger partial charge in [-0.05, 0) is 12.1 Å². The van der Waals surface area contributed by atoms with Gasteiger partial charge in [0.05, 0.1) is 12.1 Å². The zero-order valence-corrected chi connectivity index (χ0v) is 9.00. The second-order valence-electron chi connectivity index (χ2n) is 3.61. The molecule has 86 valence electrons. The lowest BCUT2D eigenvalue weighted by Gasteiger charge is -2.05. The van der Waals surface area contributed by atoms with Gasteiger partial charge in [-0.15, -0.1) is 0 Å². The molecule has 0 amide bonds. The van der Waals surface area contributed by atoms with Gasteiger partial charge in [0, 0.05) is 5.56 Å². The molecule has 0 bridgehead atoms. The van der Waals surface area contributed by atoms with Gasteiger partial charge in [-0.3, -0.25) is 4.79 Å². The number of carboxylic acid groups (broad SMARTS) is 1. The van der Waals surface area contributed by atoms with Gasteiger partial charge in [0.2, 0.25) is 0 Å². The fourth-order valence-electron chi connectivity index (χ4n) is 1.55. The van der Waals surface area contributed by atoms with Crippen LogP contribution in [0, 0.1) is 0 Å².